The van der Waals surface area contributed by atoms with Gasteiger partial charge in [0.05, 0.1) is 0 Å². The zero-order chi connectivity index (χ0) is 35.8. The summed E-state index contributed by atoms with van der Waals surface area (Å²) >= 11 is -2.86. The molecular formula is C49H42Cl2F2Hf. The van der Waals surface area contributed by atoms with Gasteiger partial charge in [-0.05, 0) is 0 Å². The Bertz CT molecular complexity index is 2160. The first-order chi connectivity index (χ1) is 25.5. The first-order valence-corrected chi connectivity index (χ1v) is 25.1. The predicted molar refractivity (Wildman–Crippen MR) is 211 cm³/mol. The summed E-state index contributed by atoms with van der Waals surface area (Å²) < 4.78 is 37.3. The van der Waals surface area contributed by atoms with E-state index in [0.717, 1.165) is 35.1 Å². The maximum atomic E-state index is 15.7. The van der Waals surface area contributed by atoms with E-state index in [2.05, 4.69) is 86.7 Å². The van der Waals surface area contributed by atoms with E-state index in [4.69, 9.17) is 4.26 Å². The van der Waals surface area contributed by atoms with Crippen molar-refractivity contribution in [2.45, 2.75) is 45.9 Å². The second kappa shape index (κ2) is 17.2. The summed E-state index contributed by atoms with van der Waals surface area (Å²) in [5, 5.41) is 0. The van der Waals surface area contributed by atoms with Crippen LogP contribution in [-0.4, -0.2) is 4.26 Å². The average molecular weight is 918 g/mol. The molecule has 0 N–H and O–H groups in total. The molecule has 4 unspecified atom stereocenters. The van der Waals surface area contributed by atoms with Crippen molar-refractivity contribution in [2.24, 2.45) is 0 Å². The quantitative estimate of drug-likeness (QED) is 0.163. The fraction of sp³-hybridized carbons (Fsp3) is 0.163. The molecule has 0 saturated carbocycles. The summed E-state index contributed by atoms with van der Waals surface area (Å²) in [7, 11) is 0. The first kappa shape index (κ1) is 39.7. The Morgan fingerprint density at radius 2 is 0.944 bits per heavy atom. The SMILES string of the molecule is [CH2]=[Hf+2]([CH]1C(CC)=CC2=C1C=CC=CC2c1ccc(-c2ccccc2)c(F)c1)[CH]1C(CC)=CC2=C1C=CC=CC2c1ccc(-c2ccccc2)c(F)c1.[Cl-].[Cl-]. The van der Waals surface area contributed by atoms with Gasteiger partial charge in [0, 0.05) is 0 Å². The van der Waals surface area contributed by atoms with Crippen molar-refractivity contribution in [3.63, 3.8) is 0 Å². The molecule has 4 aromatic rings. The van der Waals surface area contributed by atoms with Crippen LogP contribution in [0.25, 0.3) is 22.3 Å². The summed E-state index contributed by atoms with van der Waals surface area (Å²) in [6.45, 7) is 4.53. The molecule has 4 aromatic carbocycles. The van der Waals surface area contributed by atoms with Gasteiger partial charge in [0.25, 0.3) is 0 Å². The Morgan fingerprint density at radius 1 is 0.537 bits per heavy atom. The fourth-order valence-corrected chi connectivity index (χ4v) is 20.1. The number of halogens is 4. The van der Waals surface area contributed by atoms with Gasteiger partial charge >= 0.3 is 316 Å². The molecule has 0 amide bonds. The molecule has 5 heteroatoms. The summed E-state index contributed by atoms with van der Waals surface area (Å²) in [5.41, 5.74) is 13.2. The molecule has 0 saturated heterocycles. The van der Waals surface area contributed by atoms with Crippen LogP contribution >= 0.6 is 0 Å². The Morgan fingerprint density at radius 3 is 1.31 bits per heavy atom. The molecule has 4 atom stereocenters. The van der Waals surface area contributed by atoms with Gasteiger partial charge in [0.2, 0.25) is 0 Å². The predicted octanol–water partition coefficient (Wildman–Crippen LogP) is 7.35. The van der Waals surface area contributed by atoms with Crippen LogP contribution in [0.1, 0.15) is 49.7 Å². The van der Waals surface area contributed by atoms with E-state index in [1.54, 1.807) is 12.1 Å². The third-order valence-electron chi connectivity index (χ3n) is 11.2. The Kier molecular flexibility index (Phi) is 12.6. The third-order valence-corrected chi connectivity index (χ3v) is 21.4. The minimum Gasteiger partial charge on any atom is -1.00 e. The van der Waals surface area contributed by atoms with Crippen LogP contribution in [0.4, 0.5) is 8.78 Å². The van der Waals surface area contributed by atoms with Crippen molar-refractivity contribution in [2.75, 3.05) is 0 Å². The Balaban J connectivity index is 0.00000249. The van der Waals surface area contributed by atoms with Gasteiger partial charge in [0.15, 0.2) is 0 Å². The molecule has 4 aliphatic carbocycles. The van der Waals surface area contributed by atoms with E-state index < -0.39 is 21.0 Å². The van der Waals surface area contributed by atoms with Crippen LogP contribution in [0.5, 0.6) is 0 Å². The van der Waals surface area contributed by atoms with Gasteiger partial charge in [-0.2, -0.15) is 0 Å². The summed E-state index contributed by atoms with van der Waals surface area (Å²) in [6, 6.07) is 31.0. The zero-order valence-corrected chi connectivity index (χ0v) is 35.6. The van der Waals surface area contributed by atoms with Gasteiger partial charge in [-0.15, -0.1) is 0 Å². The second-order valence-corrected chi connectivity index (χ2v) is 22.3. The molecule has 0 bridgehead atoms. The largest absolute Gasteiger partial charge is 1.00 e. The van der Waals surface area contributed by atoms with Gasteiger partial charge in [0.1, 0.15) is 0 Å². The summed E-state index contributed by atoms with van der Waals surface area (Å²) in [5.74, 6) is -0.452. The van der Waals surface area contributed by atoms with Crippen LogP contribution in [-0.2, 0) is 21.0 Å². The van der Waals surface area contributed by atoms with Gasteiger partial charge in [-0.3, -0.25) is 0 Å². The molecule has 0 aromatic heterocycles. The van der Waals surface area contributed by atoms with E-state index in [1.165, 1.54) is 33.4 Å². The van der Waals surface area contributed by atoms with Crippen LogP contribution in [0.2, 0.25) is 7.35 Å². The third kappa shape index (κ3) is 7.36. The minimum absolute atomic E-state index is 0. The summed E-state index contributed by atoms with van der Waals surface area (Å²) in [4.78, 5) is 0. The topological polar surface area (TPSA) is 0 Å². The molecular weight excluding hydrogens is 876 g/mol. The molecule has 0 aliphatic heterocycles. The zero-order valence-electron chi connectivity index (χ0n) is 30.5. The monoisotopic (exact) mass is 918 g/mol. The molecule has 270 valence electrons. The molecule has 8 rings (SSSR count). The first-order valence-electron chi connectivity index (χ1n) is 18.4. The number of rotatable bonds is 8. The van der Waals surface area contributed by atoms with E-state index in [0.29, 0.717) is 18.5 Å². The van der Waals surface area contributed by atoms with Crippen molar-refractivity contribution in [1.29, 1.82) is 0 Å². The van der Waals surface area contributed by atoms with E-state index >= 15 is 8.78 Å². The van der Waals surface area contributed by atoms with E-state index in [9.17, 15) is 0 Å². The van der Waals surface area contributed by atoms with Crippen molar-refractivity contribution >= 4 is 4.26 Å². The van der Waals surface area contributed by atoms with Gasteiger partial charge in [-0.25, -0.2) is 0 Å². The molecule has 0 radical (unpaired) electrons. The second-order valence-electron chi connectivity index (χ2n) is 14.1. The molecule has 0 fully saturated rings. The number of allylic oxidation sites excluding steroid dienone is 16. The van der Waals surface area contributed by atoms with Crippen LogP contribution in [0.3, 0.4) is 0 Å². The smallest absolute Gasteiger partial charge is 1.00 e. The summed E-state index contributed by atoms with van der Waals surface area (Å²) in [6.07, 6.45) is 24.4. The molecule has 4 aliphatic rings. The van der Waals surface area contributed by atoms with Crippen LogP contribution in [0, 0.1) is 11.6 Å². The van der Waals surface area contributed by atoms with Crippen LogP contribution < -0.4 is 24.8 Å². The molecule has 0 spiro atoms. The maximum Gasteiger partial charge on any atom is -1.00 e. The van der Waals surface area contributed by atoms with Gasteiger partial charge < -0.3 is 24.8 Å². The van der Waals surface area contributed by atoms with Gasteiger partial charge in [-0.1, -0.05) is 0 Å². The van der Waals surface area contributed by atoms with Crippen LogP contribution in [0.15, 0.2) is 191 Å². The van der Waals surface area contributed by atoms with Crippen molar-refractivity contribution < 1.29 is 54.6 Å². The Labute approximate surface area is 338 Å². The van der Waals surface area contributed by atoms with Crippen molar-refractivity contribution in [3.8, 4) is 22.3 Å². The van der Waals surface area contributed by atoms with E-state index in [1.807, 2.05) is 72.8 Å². The standard InChI is InChI=1S/2C24H20F.CH2.2ClH.Hf/c2*1-2-17-14-19-10-6-7-11-21(23(19)15-17)20-12-13-22(24(25)16-20)18-8-4-3-5-9-18;;;;/h2*3-16,21H,2H2,1H3;1H2;2*1H;/q;;;;;+2/p-2. The van der Waals surface area contributed by atoms with Crippen molar-refractivity contribution in [1.82, 2.24) is 0 Å². The van der Waals surface area contributed by atoms with E-state index in [-0.39, 0.29) is 48.3 Å². The average Bonchev–Trinajstić information content (AvgIpc) is 3.56. The Hall–Kier alpha value is -4.02. The number of benzene rings is 4. The van der Waals surface area contributed by atoms with Crippen molar-refractivity contribution in [3.05, 3.63) is 214 Å². The molecule has 54 heavy (non-hydrogen) atoms. The number of hydrogen-bond donors (Lipinski definition) is 0. The fourth-order valence-electron chi connectivity index (χ4n) is 8.65. The molecule has 0 heterocycles. The molecule has 0 nitrogen and oxygen atoms in total. The normalized spacial score (nSPS) is 20.9. The minimum atomic E-state index is -2.86. The maximum absolute atomic E-state index is 15.7. The number of hydrogen-bond acceptors (Lipinski definition) is 0.